The van der Waals surface area contributed by atoms with Crippen LogP contribution in [0.4, 0.5) is 5.69 Å². The Hall–Kier alpha value is -3.87. The van der Waals surface area contributed by atoms with Gasteiger partial charge in [0.05, 0.1) is 29.6 Å². The molecule has 2 aromatic rings. The first-order chi connectivity index (χ1) is 19.6. The van der Waals surface area contributed by atoms with E-state index in [1.807, 2.05) is 19.0 Å². The smallest absolute Gasteiger partial charge is 0.235 e. The number of phenols is 1. The van der Waals surface area contributed by atoms with Crippen molar-refractivity contribution < 1.29 is 38.6 Å². The third kappa shape index (κ3) is 4.19. The third-order valence-corrected chi connectivity index (χ3v) is 8.92. The average Bonchev–Trinajstić information content (AvgIpc) is 3.33. The lowest BCUT2D eigenvalue weighted by Gasteiger charge is -2.52. The number of benzene rings is 1. The summed E-state index contributed by atoms with van der Waals surface area (Å²) >= 11 is 0. The second kappa shape index (κ2) is 10.1. The molecule has 0 bridgehead atoms. The molecule has 1 aromatic heterocycles. The lowest BCUT2D eigenvalue weighted by atomic mass is 9.52. The number of aromatic hydroxyl groups is 1. The van der Waals surface area contributed by atoms with Gasteiger partial charge in [0, 0.05) is 25.7 Å². The molecule has 3 unspecified atom stereocenters. The van der Waals surface area contributed by atoms with E-state index in [1.54, 1.807) is 51.3 Å². The van der Waals surface area contributed by atoms with Crippen molar-refractivity contribution in [2.24, 2.45) is 29.4 Å². The molecular weight excluding hydrogens is 544 g/mol. The molecule has 2 saturated carbocycles. The van der Waals surface area contributed by atoms with Crippen LogP contribution in [0.15, 0.2) is 22.6 Å². The van der Waals surface area contributed by atoms with E-state index in [1.165, 1.54) is 4.90 Å². The Morgan fingerprint density at radius 2 is 1.74 bits per heavy atom. The molecule has 12 nitrogen and oxygen atoms in total. The molecule has 0 spiro atoms. The minimum Gasteiger partial charge on any atom is -0.506 e. The summed E-state index contributed by atoms with van der Waals surface area (Å²) in [6, 6.07) is 4.05. The minimum atomic E-state index is -2.77. The molecule has 0 saturated heterocycles. The number of nitrogens with two attached hydrogens (primary N) is 1. The number of furan rings is 1. The van der Waals surface area contributed by atoms with Crippen molar-refractivity contribution in [1.29, 1.82) is 0 Å². The van der Waals surface area contributed by atoms with Crippen LogP contribution in [0.5, 0.6) is 5.75 Å². The van der Waals surface area contributed by atoms with Gasteiger partial charge in [-0.25, -0.2) is 0 Å². The topological polar surface area (TPSA) is 175 Å². The van der Waals surface area contributed by atoms with Gasteiger partial charge in [-0.2, -0.15) is 0 Å². The van der Waals surface area contributed by atoms with E-state index in [-0.39, 0.29) is 29.7 Å². The fourth-order valence-electron chi connectivity index (χ4n) is 7.16. The zero-order valence-corrected chi connectivity index (χ0v) is 24.5. The van der Waals surface area contributed by atoms with Crippen LogP contribution in [-0.4, -0.2) is 103 Å². The highest BCUT2D eigenvalue weighted by molar-refractivity contribution is 6.32. The van der Waals surface area contributed by atoms with Crippen LogP contribution < -0.4 is 10.6 Å². The minimum absolute atomic E-state index is 0.00857. The number of nitrogens with zero attached hydrogens (tertiary/aromatic N) is 3. The fourth-order valence-corrected chi connectivity index (χ4v) is 7.16. The normalized spacial score (nSPS) is 29.0. The van der Waals surface area contributed by atoms with Crippen molar-refractivity contribution in [2.75, 3.05) is 47.2 Å². The van der Waals surface area contributed by atoms with Crippen molar-refractivity contribution in [3.8, 4) is 17.1 Å². The SMILES string of the molecule is CN(C)Cc1ccc(-c2cc(N(C)C)c3c(c2O)C(=O)C2C(=O)[C@]4(O)C(=O)C(C(N)=O)C(=O)C(N(C)C)[C@@H]4C[C@@H]2C3)o1. The van der Waals surface area contributed by atoms with Gasteiger partial charge in [0.15, 0.2) is 34.7 Å². The third-order valence-electron chi connectivity index (χ3n) is 8.92. The maximum absolute atomic E-state index is 14.2. The summed E-state index contributed by atoms with van der Waals surface area (Å²) in [5.74, 6) is -9.84. The molecule has 12 heteroatoms. The van der Waals surface area contributed by atoms with Crippen molar-refractivity contribution >= 4 is 34.7 Å². The average molecular weight is 581 g/mol. The highest BCUT2D eigenvalue weighted by Gasteiger charge is 2.69. The Morgan fingerprint density at radius 1 is 1.07 bits per heavy atom. The molecule has 0 radical (unpaired) electrons. The molecule has 3 aliphatic rings. The maximum Gasteiger partial charge on any atom is 0.235 e. The first-order valence-electron chi connectivity index (χ1n) is 13.8. The zero-order chi connectivity index (χ0) is 31.0. The van der Waals surface area contributed by atoms with Crippen molar-refractivity contribution in [1.82, 2.24) is 9.80 Å². The summed E-state index contributed by atoms with van der Waals surface area (Å²) in [6.07, 6.45) is 0.169. The molecule has 3 aliphatic carbocycles. The molecule has 5 rings (SSSR count). The van der Waals surface area contributed by atoms with Gasteiger partial charge in [0.1, 0.15) is 17.3 Å². The molecule has 4 N–H and O–H groups in total. The Balaban J connectivity index is 1.65. The Kier molecular flexibility index (Phi) is 7.15. The second-order valence-electron chi connectivity index (χ2n) is 12.3. The van der Waals surface area contributed by atoms with Crippen LogP contribution in [0.3, 0.4) is 0 Å². The number of anilines is 1. The summed E-state index contributed by atoms with van der Waals surface area (Å²) in [5, 5.41) is 23.3. The van der Waals surface area contributed by atoms with Gasteiger partial charge in [-0.1, -0.05) is 0 Å². The van der Waals surface area contributed by atoms with Crippen LogP contribution >= 0.6 is 0 Å². The van der Waals surface area contributed by atoms with E-state index in [0.29, 0.717) is 29.3 Å². The number of rotatable bonds is 6. The standard InChI is InChI=1S/C30H36N4O8/c1-32(2)12-14-7-8-19(42-14)16-11-18(33(3)4)15-9-13-10-17-23(34(5)6)26(37)22(29(31)40)28(39)30(17,41)27(38)20(13)25(36)21(15)24(16)35/h7-8,11,13,17,20,22-23,35,41H,9-10,12H2,1-6H3,(H2,31,40)/t13-,17-,20?,22?,23?,30-/m0/s1. The van der Waals surface area contributed by atoms with Crippen molar-refractivity contribution in [3.05, 3.63) is 35.1 Å². The second-order valence-corrected chi connectivity index (χ2v) is 12.3. The number of likely N-dealkylation sites (N-methyl/N-ethyl adjacent to an activating group) is 1. The van der Waals surface area contributed by atoms with Crippen LogP contribution in [0.2, 0.25) is 0 Å². The predicted molar refractivity (Wildman–Crippen MR) is 151 cm³/mol. The number of carbonyl (C=O) groups excluding carboxylic acids is 5. The fraction of sp³-hybridized carbons (Fsp3) is 0.500. The Labute approximate surface area is 243 Å². The summed E-state index contributed by atoms with van der Waals surface area (Å²) < 4.78 is 5.97. The largest absolute Gasteiger partial charge is 0.506 e. The van der Waals surface area contributed by atoms with Gasteiger partial charge in [-0.05, 0) is 70.7 Å². The Morgan fingerprint density at radius 3 is 2.31 bits per heavy atom. The molecule has 1 amide bonds. The van der Waals surface area contributed by atoms with Gasteiger partial charge in [0.25, 0.3) is 0 Å². The molecule has 0 aliphatic heterocycles. The van der Waals surface area contributed by atoms with Crippen LogP contribution in [0, 0.1) is 23.7 Å². The van der Waals surface area contributed by atoms with Gasteiger partial charge < -0.3 is 30.2 Å². The lowest BCUT2D eigenvalue weighted by molar-refractivity contribution is -0.181. The number of Topliss-reactive ketones (excluding diaryl/α,β-unsaturated/α-hetero) is 4. The van der Waals surface area contributed by atoms with Crippen molar-refractivity contribution in [2.45, 2.75) is 31.0 Å². The van der Waals surface area contributed by atoms with Crippen LogP contribution in [-0.2, 0) is 32.1 Å². The Bertz CT molecular complexity index is 1530. The number of hydrogen-bond acceptors (Lipinski definition) is 11. The zero-order valence-electron chi connectivity index (χ0n) is 24.5. The number of ketones is 4. The van der Waals surface area contributed by atoms with E-state index < -0.39 is 64.4 Å². The number of hydrogen-bond donors (Lipinski definition) is 3. The summed E-state index contributed by atoms with van der Waals surface area (Å²) in [7, 11) is 10.5. The highest BCUT2D eigenvalue weighted by Crippen LogP contribution is 2.53. The quantitative estimate of drug-likeness (QED) is 0.400. The number of amides is 1. The molecule has 224 valence electrons. The first-order valence-corrected chi connectivity index (χ1v) is 13.8. The monoisotopic (exact) mass is 580 g/mol. The van der Waals surface area contributed by atoms with Gasteiger partial charge >= 0.3 is 0 Å². The molecule has 1 aromatic carbocycles. The number of fused-ring (bicyclic) bond motifs is 3. The van der Waals surface area contributed by atoms with Gasteiger partial charge in [0.2, 0.25) is 5.91 Å². The van der Waals surface area contributed by atoms with E-state index in [2.05, 4.69) is 0 Å². The van der Waals surface area contributed by atoms with Crippen LogP contribution in [0.25, 0.3) is 11.3 Å². The van der Waals surface area contributed by atoms with E-state index in [9.17, 15) is 34.2 Å². The number of carbonyl (C=O) groups is 5. The van der Waals surface area contributed by atoms with Gasteiger partial charge in [-0.3, -0.25) is 28.9 Å². The molecule has 42 heavy (non-hydrogen) atoms. The predicted octanol–water partition coefficient (Wildman–Crippen LogP) is 0.255. The van der Waals surface area contributed by atoms with E-state index in [0.717, 1.165) is 0 Å². The van der Waals surface area contributed by atoms with Gasteiger partial charge in [-0.15, -0.1) is 0 Å². The summed E-state index contributed by atoms with van der Waals surface area (Å²) in [5.41, 5.74) is 3.96. The highest BCUT2D eigenvalue weighted by atomic mass is 16.3. The number of primary amides is 1. The molecule has 2 fully saturated rings. The summed E-state index contributed by atoms with van der Waals surface area (Å²) in [6.45, 7) is 0.514. The van der Waals surface area contributed by atoms with E-state index in [4.69, 9.17) is 10.2 Å². The van der Waals surface area contributed by atoms with Crippen molar-refractivity contribution in [3.63, 3.8) is 0 Å². The first kappa shape index (κ1) is 29.6. The van der Waals surface area contributed by atoms with Crippen LogP contribution in [0.1, 0.15) is 28.1 Å². The lowest BCUT2D eigenvalue weighted by Crippen LogP contribution is -2.74. The number of aliphatic hydroxyl groups is 1. The molecular formula is C30H36N4O8. The molecule has 6 atom stereocenters. The maximum atomic E-state index is 14.2. The number of phenolic OH excluding ortho intramolecular Hbond substituents is 1. The summed E-state index contributed by atoms with van der Waals surface area (Å²) in [4.78, 5) is 72.4. The molecule has 1 heterocycles. The van der Waals surface area contributed by atoms with E-state index >= 15 is 0 Å².